The number of unbranched alkanes of at least 4 members (excludes halogenated alkanes) is 4. The van der Waals surface area contributed by atoms with Crippen molar-refractivity contribution in [3.05, 3.63) is 13.8 Å². The molecule has 0 fully saturated rings. The largest absolute Gasteiger partial charge is 2.00 e. The molecule has 0 amide bonds. The van der Waals surface area contributed by atoms with Crippen LogP contribution >= 0.6 is 23.5 Å². The molecule has 0 aliphatic carbocycles. The van der Waals surface area contributed by atoms with E-state index >= 15 is 0 Å². The van der Waals surface area contributed by atoms with Crippen LogP contribution in [0.15, 0.2) is 0 Å². The molecular formula is C24H48O6S2Sn. The topological polar surface area (TPSA) is 98.7 Å². The standard InChI is InChI=1S/2C8H16O3S.2C4H9.Sn/c2*1-2-3-6-12-7-11-5-4-8(9)10;2*1-3-4-2;/h2*2-7H2,1H3,(H,9,10);2*1,3-4H2,2H3;/q;;;;+2/p-2. The zero-order valence-corrected chi connectivity index (χ0v) is 26.0. The van der Waals surface area contributed by atoms with E-state index in [1.165, 1.54) is 38.5 Å². The molecule has 0 saturated heterocycles. The molecule has 0 aliphatic rings. The number of carbonyl (C=O) groups is 2. The van der Waals surface area contributed by atoms with Crippen LogP contribution in [0.4, 0.5) is 0 Å². The monoisotopic (exact) mass is 616 g/mol. The molecule has 0 aromatic heterocycles. The number of carboxylic acids is 2. The first-order valence-electron chi connectivity index (χ1n) is 11.7. The summed E-state index contributed by atoms with van der Waals surface area (Å²) >= 11 is 3.39. The Morgan fingerprint density at radius 1 is 0.697 bits per heavy atom. The number of rotatable bonds is 18. The third kappa shape index (κ3) is 72.0. The van der Waals surface area contributed by atoms with Crippen LogP contribution < -0.4 is 10.2 Å². The molecule has 196 valence electrons. The van der Waals surface area contributed by atoms with E-state index in [0.717, 1.165) is 24.3 Å². The van der Waals surface area contributed by atoms with Gasteiger partial charge in [-0.1, -0.05) is 80.1 Å². The molecular weight excluding hydrogens is 567 g/mol. The molecule has 0 spiro atoms. The number of thioether (sulfide) groups is 2. The number of hydrogen-bond donors (Lipinski definition) is 0. The van der Waals surface area contributed by atoms with Gasteiger partial charge in [-0.05, 0) is 24.3 Å². The van der Waals surface area contributed by atoms with Gasteiger partial charge in [0, 0.05) is 24.8 Å². The van der Waals surface area contributed by atoms with E-state index in [0.29, 0.717) is 11.9 Å². The van der Waals surface area contributed by atoms with Gasteiger partial charge in [0.05, 0.1) is 25.1 Å². The minimum absolute atomic E-state index is 0. The Labute approximate surface area is 230 Å². The van der Waals surface area contributed by atoms with Crippen molar-refractivity contribution in [3.8, 4) is 0 Å². The fraction of sp³-hybridized carbons (Fsp3) is 0.833. The average Bonchev–Trinajstić information content (AvgIpc) is 2.78. The number of carbonyl (C=O) groups excluding carboxylic acids is 2. The van der Waals surface area contributed by atoms with Crippen LogP contribution in [0.2, 0.25) is 0 Å². The Morgan fingerprint density at radius 3 is 1.21 bits per heavy atom. The zero-order valence-electron chi connectivity index (χ0n) is 21.5. The quantitative estimate of drug-likeness (QED) is 0.129. The SMILES string of the molecule is CCCCSCOCCC(=O)[O-].CCCCSCOCCC(=O)[O-].[CH2]CCC.[CH2]CCC.[Sn+2]. The molecule has 33 heavy (non-hydrogen) atoms. The van der Waals surface area contributed by atoms with E-state index in [1.54, 1.807) is 23.5 Å². The summed E-state index contributed by atoms with van der Waals surface area (Å²) in [5.74, 6) is 1.26. The molecule has 0 atom stereocenters. The van der Waals surface area contributed by atoms with E-state index in [9.17, 15) is 19.8 Å². The molecule has 0 heterocycles. The van der Waals surface area contributed by atoms with Gasteiger partial charge in [-0.3, -0.25) is 0 Å². The Bertz CT molecular complexity index is 315. The molecule has 0 rings (SSSR count). The summed E-state index contributed by atoms with van der Waals surface area (Å²) in [4.78, 5) is 19.9. The molecule has 0 aromatic rings. The van der Waals surface area contributed by atoms with E-state index < -0.39 is 11.9 Å². The van der Waals surface area contributed by atoms with E-state index in [4.69, 9.17) is 9.47 Å². The first-order chi connectivity index (χ1) is 15.4. The maximum absolute atomic E-state index is 9.94. The summed E-state index contributed by atoms with van der Waals surface area (Å²) in [6, 6.07) is 0. The van der Waals surface area contributed by atoms with E-state index in [1.807, 2.05) is 0 Å². The molecule has 0 aromatic carbocycles. The molecule has 0 aliphatic heterocycles. The van der Waals surface area contributed by atoms with Gasteiger partial charge in [0.25, 0.3) is 0 Å². The Balaban J connectivity index is -0.000000117. The molecule has 4 radical (unpaired) electrons. The van der Waals surface area contributed by atoms with Gasteiger partial charge in [-0.15, -0.1) is 23.5 Å². The van der Waals surface area contributed by atoms with Crippen molar-refractivity contribution < 1.29 is 29.3 Å². The minimum Gasteiger partial charge on any atom is -0.550 e. The van der Waals surface area contributed by atoms with Crippen LogP contribution in [0.3, 0.4) is 0 Å². The first-order valence-corrected chi connectivity index (χ1v) is 14.0. The molecule has 0 unspecified atom stereocenters. The normalized spacial score (nSPS) is 9.15. The Kier molecular flexibility index (Phi) is 60.3. The minimum atomic E-state index is -1.05. The van der Waals surface area contributed by atoms with Gasteiger partial charge in [0.15, 0.2) is 0 Å². The second-order valence-corrected chi connectivity index (χ2v) is 8.63. The molecule has 6 nitrogen and oxygen atoms in total. The fourth-order valence-corrected chi connectivity index (χ4v) is 2.85. The fourth-order valence-electron chi connectivity index (χ4n) is 1.16. The first kappa shape index (κ1) is 43.4. The van der Waals surface area contributed by atoms with Crippen molar-refractivity contribution in [2.75, 3.05) is 36.6 Å². The summed E-state index contributed by atoms with van der Waals surface area (Å²) in [6.45, 7) is 16.2. The van der Waals surface area contributed by atoms with Crippen LogP contribution in [-0.2, 0) is 19.1 Å². The van der Waals surface area contributed by atoms with Crippen molar-refractivity contribution in [2.24, 2.45) is 0 Å². The van der Waals surface area contributed by atoms with Gasteiger partial charge in [0.2, 0.25) is 0 Å². The van der Waals surface area contributed by atoms with Gasteiger partial charge < -0.3 is 29.3 Å². The summed E-state index contributed by atoms with van der Waals surface area (Å²) in [7, 11) is 0. The van der Waals surface area contributed by atoms with Gasteiger partial charge in [-0.25, -0.2) is 0 Å². The van der Waals surface area contributed by atoms with Crippen molar-refractivity contribution in [1.82, 2.24) is 0 Å². The van der Waals surface area contributed by atoms with Crippen molar-refractivity contribution in [3.63, 3.8) is 0 Å². The number of carboxylic acid groups (broad SMARTS) is 2. The number of hydrogen-bond acceptors (Lipinski definition) is 8. The molecule has 0 saturated carbocycles. The smallest absolute Gasteiger partial charge is 0.550 e. The van der Waals surface area contributed by atoms with Crippen LogP contribution in [0.1, 0.15) is 91.9 Å². The van der Waals surface area contributed by atoms with E-state index in [-0.39, 0.29) is 50.0 Å². The van der Waals surface area contributed by atoms with E-state index in [2.05, 4.69) is 41.5 Å². The molecule has 0 bridgehead atoms. The third-order valence-electron chi connectivity index (χ3n) is 3.23. The predicted octanol–water partition coefficient (Wildman–Crippen LogP) is 4.13. The Morgan fingerprint density at radius 2 is 1.00 bits per heavy atom. The van der Waals surface area contributed by atoms with Crippen molar-refractivity contribution in [1.29, 1.82) is 0 Å². The van der Waals surface area contributed by atoms with Gasteiger partial charge >= 0.3 is 23.9 Å². The molecule has 0 N–H and O–H groups in total. The maximum Gasteiger partial charge on any atom is 2.00 e. The average molecular weight is 615 g/mol. The van der Waals surface area contributed by atoms with Crippen LogP contribution in [0, 0.1) is 13.8 Å². The number of aliphatic carboxylic acids is 2. The summed E-state index contributed by atoms with van der Waals surface area (Å²) in [6.07, 6.45) is 9.30. The predicted molar refractivity (Wildman–Crippen MR) is 142 cm³/mol. The second kappa shape index (κ2) is 45.8. The van der Waals surface area contributed by atoms with Gasteiger partial charge in [0.1, 0.15) is 0 Å². The van der Waals surface area contributed by atoms with Gasteiger partial charge in [-0.2, -0.15) is 0 Å². The van der Waals surface area contributed by atoms with Crippen molar-refractivity contribution in [2.45, 2.75) is 91.9 Å². The second-order valence-electron chi connectivity index (χ2n) is 6.53. The van der Waals surface area contributed by atoms with Crippen LogP contribution in [0.5, 0.6) is 0 Å². The van der Waals surface area contributed by atoms with Crippen LogP contribution in [-0.4, -0.2) is 72.4 Å². The zero-order chi connectivity index (χ0) is 25.3. The third-order valence-corrected chi connectivity index (χ3v) is 5.05. The van der Waals surface area contributed by atoms with Crippen LogP contribution in [0.25, 0.3) is 0 Å². The number of ether oxygens (including phenoxy) is 2. The van der Waals surface area contributed by atoms with Crippen molar-refractivity contribution >= 4 is 59.4 Å². The Hall–Kier alpha value is 0.359. The maximum atomic E-state index is 9.94. The summed E-state index contributed by atoms with van der Waals surface area (Å²) < 4.78 is 10.1. The molecule has 9 heteroatoms. The summed E-state index contributed by atoms with van der Waals surface area (Å²) in [5.41, 5.74) is 0. The summed E-state index contributed by atoms with van der Waals surface area (Å²) in [5, 5.41) is 19.9.